The topological polar surface area (TPSA) is 107 Å². The van der Waals surface area contributed by atoms with E-state index in [2.05, 4.69) is 10.4 Å². The van der Waals surface area contributed by atoms with Crippen LogP contribution in [0.1, 0.15) is 38.2 Å². The molecule has 0 spiro atoms. The van der Waals surface area contributed by atoms with Crippen molar-refractivity contribution in [1.82, 2.24) is 9.78 Å². The fourth-order valence-electron chi connectivity index (χ4n) is 3.30. The smallest absolute Gasteiger partial charge is 0.341 e. The summed E-state index contributed by atoms with van der Waals surface area (Å²) in [6.45, 7) is 1.81. The third-order valence-electron chi connectivity index (χ3n) is 4.71. The number of aromatic nitrogens is 2. The fourth-order valence-corrected chi connectivity index (χ4v) is 6.34. The highest BCUT2D eigenvalue weighted by molar-refractivity contribution is 7.90. The molecule has 3 aromatic rings. The second kappa shape index (κ2) is 8.23. The Bertz CT molecular complexity index is 1280. The van der Waals surface area contributed by atoms with Crippen molar-refractivity contribution in [3.8, 4) is 5.69 Å². The maximum absolute atomic E-state index is 13.5. The summed E-state index contributed by atoms with van der Waals surface area (Å²) in [6, 6.07) is 7.21. The lowest BCUT2D eigenvalue weighted by molar-refractivity contribution is 0.0527. The molecule has 3 heterocycles. The first-order chi connectivity index (χ1) is 14.8. The molecule has 0 saturated heterocycles. The van der Waals surface area contributed by atoms with Crippen LogP contribution < -0.4 is 5.32 Å². The summed E-state index contributed by atoms with van der Waals surface area (Å²) in [5, 5.41) is 7.05. The Kier molecular flexibility index (Phi) is 5.63. The maximum atomic E-state index is 13.5. The summed E-state index contributed by atoms with van der Waals surface area (Å²) in [7, 11) is -3.25. The number of sulfone groups is 1. The molecular weight excluding hydrogens is 445 g/mol. The lowest BCUT2D eigenvalue weighted by Crippen LogP contribution is -2.20. The number of thiophene rings is 1. The number of rotatable bonds is 5. The van der Waals surface area contributed by atoms with Gasteiger partial charge in [0.15, 0.2) is 15.5 Å². The molecule has 0 saturated carbocycles. The minimum Gasteiger partial charge on any atom is -0.462 e. The molecule has 1 aliphatic heterocycles. The highest BCUT2D eigenvalue weighted by Crippen LogP contribution is 2.38. The lowest BCUT2D eigenvalue weighted by atomic mass is 10.1. The number of halogens is 1. The van der Waals surface area contributed by atoms with Crippen molar-refractivity contribution < 1.29 is 27.1 Å². The fraction of sp³-hybridized carbons (Fsp3) is 0.250. The van der Waals surface area contributed by atoms with Crippen LogP contribution in [0.25, 0.3) is 5.69 Å². The Hall–Kier alpha value is -3.05. The molecule has 1 N–H and O–H groups in total. The lowest BCUT2D eigenvalue weighted by Gasteiger charge is -2.13. The number of fused-ring (bicyclic) bond motifs is 1. The van der Waals surface area contributed by atoms with Gasteiger partial charge >= 0.3 is 5.97 Å². The second-order valence-electron chi connectivity index (χ2n) is 6.85. The van der Waals surface area contributed by atoms with E-state index < -0.39 is 27.5 Å². The Labute approximate surface area is 181 Å². The molecule has 0 bridgehead atoms. The van der Waals surface area contributed by atoms with Crippen LogP contribution in [0.2, 0.25) is 0 Å². The molecule has 8 nitrogen and oxygen atoms in total. The van der Waals surface area contributed by atoms with Crippen LogP contribution in [-0.2, 0) is 26.7 Å². The van der Waals surface area contributed by atoms with E-state index in [1.807, 2.05) is 0 Å². The Morgan fingerprint density at radius 1 is 1.32 bits per heavy atom. The summed E-state index contributed by atoms with van der Waals surface area (Å²) in [5.74, 6) is -1.86. The number of benzene rings is 1. The van der Waals surface area contributed by atoms with Crippen LogP contribution in [0.5, 0.6) is 0 Å². The maximum Gasteiger partial charge on any atom is 0.341 e. The number of esters is 1. The van der Waals surface area contributed by atoms with Crippen molar-refractivity contribution in [3.63, 3.8) is 0 Å². The molecule has 1 aromatic carbocycles. The molecule has 4 rings (SSSR count). The third-order valence-corrected chi connectivity index (χ3v) is 7.59. The zero-order valence-corrected chi connectivity index (χ0v) is 18.1. The molecule has 0 unspecified atom stereocenters. The molecular formula is C20H18FN3O5S2. The molecule has 0 atom stereocenters. The molecule has 0 radical (unpaired) electrons. The average Bonchev–Trinajstić information content (AvgIpc) is 3.32. The van der Waals surface area contributed by atoms with Crippen LogP contribution in [0.15, 0.2) is 36.5 Å². The van der Waals surface area contributed by atoms with Crippen molar-refractivity contribution in [2.45, 2.75) is 19.1 Å². The predicted molar refractivity (Wildman–Crippen MR) is 113 cm³/mol. The molecule has 1 aliphatic rings. The third kappa shape index (κ3) is 4.37. The van der Waals surface area contributed by atoms with E-state index in [0.717, 1.165) is 11.3 Å². The number of carbonyl (C=O) groups excluding carboxylic acids is 2. The minimum atomic E-state index is -3.25. The zero-order chi connectivity index (χ0) is 22.2. The van der Waals surface area contributed by atoms with Gasteiger partial charge in [0.05, 0.1) is 29.4 Å². The van der Waals surface area contributed by atoms with Crippen molar-refractivity contribution >= 4 is 38.1 Å². The van der Waals surface area contributed by atoms with Gasteiger partial charge in [-0.15, -0.1) is 11.3 Å². The minimum absolute atomic E-state index is 0.0538. The number of carbonyl (C=O) groups is 2. The first-order valence-electron chi connectivity index (χ1n) is 9.42. The highest BCUT2D eigenvalue weighted by Gasteiger charge is 2.32. The molecule has 1 amide bonds. The Balaban J connectivity index is 1.64. The van der Waals surface area contributed by atoms with Crippen molar-refractivity contribution in [3.05, 3.63) is 64.0 Å². The standard InChI is InChI=1S/C20H18FN3O5S2/c1-2-29-20(26)17-14-7-9-31(27,28)11-16(14)30-19(17)22-18(25)15-6-8-24(23-15)13-5-3-4-12(21)10-13/h3-6,8,10H,2,7,9,11H2,1H3,(H,22,25). The Morgan fingerprint density at radius 3 is 2.87 bits per heavy atom. The molecule has 2 aromatic heterocycles. The van der Waals surface area contributed by atoms with Gasteiger partial charge in [0.1, 0.15) is 10.8 Å². The molecule has 11 heteroatoms. The van der Waals surface area contributed by atoms with Gasteiger partial charge in [-0.3, -0.25) is 4.79 Å². The highest BCUT2D eigenvalue weighted by atomic mass is 32.2. The van der Waals surface area contributed by atoms with E-state index in [-0.39, 0.29) is 40.8 Å². The van der Waals surface area contributed by atoms with Crippen LogP contribution in [0.4, 0.5) is 9.39 Å². The monoisotopic (exact) mass is 463 g/mol. The van der Waals surface area contributed by atoms with E-state index in [0.29, 0.717) is 16.1 Å². The molecule has 31 heavy (non-hydrogen) atoms. The summed E-state index contributed by atoms with van der Waals surface area (Å²) >= 11 is 1.05. The summed E-state index contributed by atoms with van der Waals surface area (Å²) < 4.78 is 43.9. The van der Waals surface area contributed by atoms with Gasteiger partial charge in [0.2, 0.25) is 0 Å². The molecule has 162 valence electrons. The molecule has 0 fully saturated rings. The number of amides is 1. The normalized spacial score (nSPS) is 14.6. The van der Waals surface area contributed by atoms with Gasteiger partial charge in [-0.2, -0.15) is 5.10 Å². The first kappa shape index (κ1) is 21.2. The summed E-state index contributed by atoms with van der Waals surface area (Å²) in [5.41, 5.74) is 1.29. The van der Waals surface area contributed by atoms with Gasteiger partial charge in [-0.25, -0.2) is 22.3 Å². The number of nitrogens with one attached hydrogen (secondary N) is 1. The van der Waals surface area contributed by atoms with E-state index in [1.165, 1.54) is 35.1 Å². The van der Waals surface area contributed by atoms with Gasteiger partial charge < -0.3 is 10.1 Å². The number of hydrogen-bond donors (Lipinski definition) is 1. The SMILES string of the molecule is CCOC(=O)c1c(NC(=O)c2ccn(-c3cccc(F)c3)n2)sc2c1CCS(=O)(=O)C2. The largest absolute Gasteiger partial charge is 0.462 e. The zero-order valence-electron chi connectivity index (χ0n) is 16.4. The number of anilines is 1. The van der Waals surface area contributed by atoms with E-state index in [9.17, 15) is 22.4 Å². The van der Waals surface area contributed by atoms with Crippen LogP contribution in [-0.4, -0.2) is 42.4 Å². The van der Waals surface area contributed by atoms with Crippen LogP contribution in [0.3, 0.4) is 0 Å². The summed E-state index contributed by atoms with van der Waals surface area (Å²) in [4.78, 5) is 25.8. The quantitative estimate of drug-likeness (QED) is 0.583. The first-order valence-corrected chi connectivity index (χ1v) is 12.1. The van der Waals surface area contributed by atoms with E-state index in [4.69, 9.17) is 4.74 Å². The van der Waals surface area contributed by atoms with Gasteiger partial charge in [-0.05, 0) is 43.2 Å². The average molecular weight is 464 g/mol. The van der Waals surface area contributed by atoms with Gasteiger partial charge in [0.25, 0.3) is 5.91 Å². The second-order valence-corrected chi connectivity index (χ2v) is 10.1. The van der Waals surface area contributed by atoms with Gasteiger partial charge in [0, 0.05) is 11.1 Å². The van der Waals surface area contributed by atoms with Gasteiger partial charge in [-0.1, -0.05) is 6.07 Å². The summed E-state index contributed by atoms with van der Waals surface area (Å²) in [6.07, 6.45) is 1.70. The van der Waals surface area contributed by atoms with Crippen molar-refractivity contribution in [2.75, 3.05) is 17.7 Å². The van der Waals surface area contributed by atoms with Crippen molar-refractivity contribution in [1.29, 1.82) is 0 Å². The van der Waals surface area contributed by atoms with E-state index >= 15 is 0 Å². The van der Waals surface area contributed by atoms with Crippen LogP contribution in [0, 0.1) is 5.82 Å². The number of hydrogen-bond acceptors (Lipinski definition) is 7. The number of nitrogens with zero attached hydrogens (tertiary/aromatic N) is 2. The molecule has 0 aliphatic carbocycles. The van der Waals surface area contributed by atoms with Crippen LogP contribution >= 0.6 is 11.3 Å². The number of ether oxygens (including phenoxy) is 1. The Morgan fingerprint density at radius 2 is 2.13 bits per heavy atom. The predicted octanol–water partition coefficient (Wildman–Crippen LogP) is 2.97. The van der Waals surface area contributed by atoms with E-state index in [1.54, 1.807) is 13.0 Å². The van der Waals surface area contributed by atoms with Crippen molar-refractivity contribution in [2.24, 2.45) is 0 Å².